The number of esters is 1. The molecule has 2 rings (SSSR count). The highest BCUT2D eigenvalue weighted by atomic mass is 32.2. The van der Waals surface area contributed by atoms with E-state index in [1.54, 1.807) is 20.2 Å². The second-order valence-electron chi connectivity index (χ2n) is 4.04. The van der Waals surface area contributed by atoms with Crippen LogP contribution in [0.3, 0.4) is 0 Å². The first-order valence-electron chi connectivity index (χ1n) is 6.42. The van der Waals surface area contributed by atoms with Gasteiger partial charge in [0.2, 0.25) is 0 Å². The molecule has 0 aliphatic rings. The Morgan fingerprint density at radius 3 is 2.71 bits per heavy atom. The Balaban J connectivity index is 2.59. The maximum atomic E-state index is 12.1. The first kappa shape index (κ1) is 15.3. The van der Waals surface area contributed by atoms with Crippen LogP contribution in [-0.4, -0.2) is 35.9 Å². The lowest BCUT2D eigenvalue weighted by molar-refractivity contribution is 0.0519. The summed E-state index contributed by atoms with van der Waals surface area (Å²) in [5.41, 5.74) is 1.61. The van der Waals surface area contributed by atoms with Crippen LogP contribution >= 0.6 is 11.8 Å². The van der Waals surface area contributed by atoms with Crippen LogP contribution in [0.4, 0.5) is 0 Å². The van der Waals surface area contributed by atoms with Crippen molar-refractivity contribution in [3.63, 3.8) is 0 Å². The summed E-state index contributed by atoms with van der Waals surface area (Å²) in [6, 6.07) is 7.42. The number of carbonyl (C=O) groups is 1. The summed E-state index contributed by atoms with van der Waals surface area (Å²) in [5.74, 6) is 0.194. The van der Waals surface area contributed by atoms with E-state index in [0.717, 1.165) is 5.56 Å². The molecule has 0 aliphatic heterocycles. The molecule has 0 N–H and O–H groups in total. The van der Waals surface area contributed by atoms with Gasteiger partial charge in [0.25, 0.3) is 0 Å². The molecule has 0 atom stereocenters. The molecular weight excluding hydrogens is 288 g/mol. The molecule has 0 saturated heterocycles. The molecule has 0 amide bonds. The third-order valence-corrected chi connectivity index (χ3v) is 3.38. The predicted molar refractivity (Wildman–Crippen MR) is 81.8 cm³/mol. The summed E-state index contributed by atoms with van der Waals surface area (Å²) in [5, 5.41) is 0.525. The lowest BCUT2D eigenvalue weighted by atomic mass is 10.0. The average molecular weight is 304 g/mol. The minimum atomic E-state index is -0.462. The van der Waals surface area contributed by atoms with Crippen molar-refractivity contribution >= 4 is 17.7 Å². The van der Waals surface area contributed by atoms with Gasteiger partial charge in [0.1, 0.15) is 5.75 Å². The van der Waals surface area contributed by atoms with Crippen molar-refractivity contribution in [1.29, 1.82) is 0 Å². The number of thioether (sulfide) groups is 1. The number of ether oxygens (including phenoxy) is 2. The Morgan fingerprint density at radius 1 is 1.29 bits per heavy atom. The van der Waals surface area contributed by atoms with Gasteiger partial charge >= 0.3 is 5.97 Å². The minimum absolute atomic E-state index is 0.251. The van der Waals surface area contributed by atoms with Gasteiger partial charge in [0.05, 0.1) is 13.7 Å². The highest BCUT2D eigenvalue weighted by molar-refractivity contribution is 7.98. The Hall–Kier alpha value is -2.08. The van der Waals surface area contributed by atoms with Crippen molar-refractivity contribution in [1.82, 2.24) is 9.97 Å². The number of nitrogens with zero attached hydrogens (tertiary/aromatic N) is 2. The number of aromatic nitrogens is 2. The summed E-state index contributed by atoms with van der Waals surface area (Å²) >= 11 is 1.37. The smallest absolute Gasteiger partial charge is 0.357 e. The van der Waals surface area contributed by atoms with Gasteiger partial charge in [-0.2, -0.15) is 0 Å². The molecule has 6 heteroatoms. The molecule has 0 bridgehead atoms. The van der Waals surface area contributed by atoms with Crippen LogP contribution in [0, 0.1) is 0 Å². The second kappa shape index (κ2) is 7.08. The Bertz CT molecular complexity index is 647. The maximum Gasteiger partial charge on any atom is 0.357 e. The van der Waals surface area contributed by atoms with Crippen LogP contribution in [-0.2, 0) is 4.74 Å². The number of carbonyl (C=O) groups excluding carboxylic acids is 1. The standard InChI is InChI=1S/C15H16N2O3S/c1-4-20-14(18)13-11(9-16-15(17-13)21-3)10-7-5-6-8-12(10)19-2/h5-9H,4H2,1-3H3. The van der Waals surface area contributed by atoms with Gasteiger partial charge in [-0.05, 0) is 19.2 Å². The third-order valence-electron chi connectivity index (χ3n) is 2.82. The van der Waals surface area contributed by atoms with Crippen molar-refractivity contribution in [3.8, 4) is 16.9 Å². The molecule has 0 saturated carbocycles. The van der Waals surface area contributed by atoms with Crippen LogP contribution in [0.2, 0.25) is 0 Å². The van der Waals surface area contributed by atoms with E-state index < -0.39 is 5.97 Å². The highest BCUT2D eigenvalue weighted by Gasteiger charge is 2.19. The van der Waals surface area contributed by atoms with Crippen molar-refractivity contribution < 1.29 is 14.3 Å². The molecule has 1 aromatic heterocycles. The van der Waals surface area contributed by atoms with E-state index >= 15 is 0 Å². The van der Waals surface area contributed by atoms with Gasteiger partial charge in [-0.25, -0.2) is 14.8 Å². The van der Waals surface area contributed by atoms with Gasteiger partial charge in [-0.3, -0.25) is 0 Å². The van der Waals surface area contributed by atoms with E-state index in [4.69, 9.17) is 9.47 Å². The number of para-hydroxylation sites is 1. The Labute approximate surface area is 127 Å². The van der Waals surface area contributed by atoms with Crippen molar-refractivity contribution in [2.24, 2.45) is 0 Å². The predicted octanol–water partition coefficient (Wildman–Crippen LogP) is 3.05. The van der Waals surface area contributed by atoms with E-state index in [0.29, 0.717) is 23.1 Å². The zero-order valence-corrected chi connectivity index (χ0v) is 12.9. The van der Waals surface area contributed by atoms with E-state index in [1.807, 2.05) is 30.5 Å². The molecule has 2 aromatic rings. The molecule has 0 unspecified atom stereocenters. The van der Waals surface area contributed by atoms with Crippen LogP contribution in [0.1, 0.15) is 17.4 Å². The summed E-state index contributed by atoms with van der Waals surface area (Å²) in [7, 11) is 1.58. The van der Waals surface area contributed by atoms with Crippen molar-refractivity contribution in [2.75, 3.05) is 20.0 Å². The third kappa shape index (κ3) is 3.33. The molecule has 5 nitrogen and oxygen atoms in total. The number of hydrogen-bond donors (Lipinski definition) is 0. The van der Waals surface area contributed by atoms with E-state index in [2.05, 4.69) is 9.97 Å². The molecule has 0 aliphatic carbocycles. The monoisotopic (exact) mass is 304 g/mol. The molecule has 0 spiro atoms. The van der Waals surface area contributed by atoms with Crippen molar-refractivity contribution in [3.05, 3.63) is 36.2 Å². The fourth-order valence-corrected chi connectivity index (χ4v) is 2.22. The zero-order valence-electron chi connectivity index (χ0n) is 12.1. The maximum absolute atomic E-state index is 12.1. The zero-order chi connectivity index (χ0) is 15.2. The first-order valence-corrected chi connectivity index (χ1v) is 7.65. The molecule has 1 heterocycles. The number of hydrogen-bond acceptors (Lipinski definition) is 6. The van der Waals surface area contributed by atoms with Crippen LogP contribution < -0.4 is 4.74 Å². The molecular formula is C15H16N2O3S. The topological polar surface area (TPSA) is 61.3 Å². The number of methoxy groups -OCH3 is 1. The fraction of sp³-hybridized carbons (Fsp3) is 0.267. The largest absolute Gasteiger partial charge is 0.496 e. The number of benzene rings is 1. The normalized spacial score (nSPS) is 10.2. The lowest BCUT2D eigenvalue weighted by Gasteiger charge is -2.12. The quantitative estimate of drug-likeness (QED) is 0.480. The average Bonchev–Trinajstić information content (AvgIpc) is 2.54. The Kier molecular flexibility index (Phi) is 5.16. The molecule has 0 radical (unpaired) electrons. The van der Waals surface area contributed by atoms with Crippen LogP contribution in [0.15, 0.2) is 35.6 Å². The van der Waals surface area contributed by atoms with Crippen molar-refractivity contribution in [2.45, 2.75) is 12.1 Å². The van der Waals surface area contributed by atoms with Gasteiger partial charge in [0.15, 0.2) is 10.9 Å². The van der Waals surface area contributed by atoms with Crippen LogP contribution in [0.25, 0.3) is 11.1 Å². The van der Waals surface area contributed by atoms with Gasteiger partial charge < -0.3 is 9.47 Å². The van der Waals surface area contributed by atoms with Gasteiger partial charge in [-0.15, -0.1) is 0 Å². The highest BCUT2D eigenvalue weighted by Crippen LogP contribution is 2.32. The summed E-state index contributed by atoms with van der Waals surface area (Å²) in [6.07, 6.45) is 3.48. The molecule has 1 aromatic carbocycles. The first-order chi connectivity index (χ1) is 10.2. The van der Waals surface area contributed by atoms with E-state index in [9.17, 15) is 4.79 Å². The van der Waals surface area contributed by atoms with E-state index in [-0.39, 0.29) is 5.69 Å². The molecule has 0 fully saturated rings. The van der Waals surface area contributed by atoms with Crippen LogP contribution in [0.5, 0.6) is 5.75 Å². The molecule has 21 heavy (non-hydrogen) atoms. The molecule has 110 valence electrons. The number of rotatable bonds is 5. The SMILES string of the molecule is CCOC(=O)c1nc(SC)ncc1-c1ccccc1OC. The van der Waals surface area contributed by atoms with E-state index in [1.165, 1.54) is 11.8 Å². The summed E-state index contributed by atoms with van der Waals surface area (Å²) < 4.78 is 10.4. The summed E-state index contributed by atoms with van der Waals surface area (Å²) in [6.45, 7) is 2.06. The minimum Gasteiger partial charge on any atom is -0.496 e. The van der Waals surface area contributed by atoms with Gasteiger partial charge in [0, 0.05) is 17.3 Å². The Morgan fingerprint density at radius 2 is 2.05 bits per heavy atom. The summed E-state index contributed by atoms with van der Waals surface area (Å²) in [4.78, 5) is 20.7. The lowest BCUT2D eigenvalue weighted by Crippen LogP contribution is -2.10. The van der Waals surface area contributed by atoms with Gasteiger partial charge in [-0.1, -0.05) is 30.0 Å². The fourth-order valence-electron chi connectivity index (χ4n) is 1.88. The second-order valence-corrected chi connectivity index (χ2v) is 4.81.